The molecular formula is C20H26N2O4. The SMILES string of the molecule is CCC(=O)Nc1ccccc1C(=O)C(=O)N1CCC2(CCOCC2)CC1. The van der Waals surface area contributed by atoms with Crippen molar-refractivity contribution in [1.82, 2.24) is 4.90 Å². The van der Waals surface area contributed by atoms with E-state index in [1.54, 1.807) is 36.1 Å². The predicted octanol–water partition coefficient (Wildman–Crippen LogP) is 2.64. The number of hydrogen-bond acceptors (Lipinski definition) is 4. The molecular weight excluding hydrogens is 332 g/mol. The summed E-state index contributed by atoms with van der Waals surface area (Å²) in [6, 6.07) is 6.69. The topological polar surface area (TPSA) is 75.7 Å². The van der Waals surface area contributed by atoms with Crippen LogP contribution in [0.15, 0.2) is 24.3 Å². The fourth-order valence-corrected chi connectivity index (χ4v) is 3.78. The van der Waals surface area contributed by atoms with E-state index < -0.39 is 11.7 Å². The molecule has 2 saturated heterocycles. The number of hydrogen-bond donors (Lipinski definition) is 1. The van der Waals surface area contributed by atoms with Crippen molar-refractivity contribution in [1.29, 1.82) is 0 Å². The molecule has 2 heterocycles. The van der Waals surface area contributed by atoms with Crippen molar-refractivity contribution in [3.63, 3.8) is 0 Å². The number of ketones is 1. The van der Waals surface area contributed by atoms with Crippen LogP contribution < -0.4 is 5.32 Å². The van der Waals surface area contributed by atoms with Crippen LogP contribution in [0.1, 0.15) is 49.4 Å². The van der Waals surface area contributed by atoms with Crippen LogP contribution in [0.25, 0.3) is 0 Å². The van der Waals surface area contributed by atoms with E-state index in [9.17, 15) is 14.4 Å². The summed E-state index contributed by atoms with van der Waals surface area (Å²) in [5.74, 6) is -1.22. The molecule has 1 aromatic rings. The molecule has 2 aliphatic rings. The molecule has 6 nitrogen and oxygen atoms in total. The number of nitrogens with zero attached hydrogens (tertiary/aromatic N) is 1. The number of carbonyl (C=O) groups is 3. The predicted molar refractivity (Wildman–Crippen MR) is 98.0 cm³/mol. The average Bonchev–Trinajstić information content (AvgIpc) is 2.68. The summed E-state index contributed by atoms with van der Waals surface area (Å²) in [5.41, 5.74) is 0.923. The van der Waals surface area contributed by atoms with Gasteiger partial charge in [0.15, 0.2) is 0 Å². The third kappa shape index (κ3) is 3.96. The highest BCUT2D eigenvalue weighted by Crippen LogP contribution is 2.40. The van der Waals surface area contributed by atoms with Gasteiger partial charge in [-0.15, -0.1) is 0 Å². The number of carbonyl (C=O) groups excluding carboxylic acids is 3. The van der Waals surface area contributed by atoms with E-state index in [1.165, 1.54) is 0 Å². The Morgan fingerprint density at radius 3 is 2.38 bits per heavy atom. The number of amides is 2. The first kappa shape index (κ1) is 18.6. The number of piperidine rings is 1. The third-order valence-electron chi connectivity index (χ3n) is 5.63. The highest BCUT2D eigenvalue weighted by atomic mass is 16.5. The molecule has 6 heteroatoms. The van der Waals surface area contributed by atoms with Gasteiger partial charge in [-0.25, -0.2) is 0 Å². The van der Waals surface area contributed by atoms with Gasteiger partial charge < -0.3 is 15.0 Å². The Bertz CT molecular complexity index is 685. The van der Waals surface area contributed by atoms with E-state index in [1.807, 2.05) is 0 Å². The van der Waals surface area contributed by atoms with Gasteiger partial charge in [0.05, 0.1) is 11.3 Å². The number of para-hydroxylation sites is 1. The van der Waals surface area contributed by atoms with Crippen LogP contribution in [0.4, 0.5) is 5.69 Å². The molecule has 140 valence electrons. The van der Waals surface area contributed by atoms with E-state index in [4.69, 9.17) is 4.74 Å². The van der Waals surface area contributed by atoms with Crippen LogP contribution in [0.3, 0.4) is 0 Å². The van der Waals surface area contributed by atoms with E-state index in [2.05, 4.69) is 5.32 Å². The van der Waals surface area contributed by atoms with Crippen molar-refractivity contribution >= 4 is 23.3 Å². The second-order valence-electron chi connectivity index (χ2n) is 7.18. The van der Waals surface area contributed by atoms with Gasteiger partial charge in [-0.1, -0.05) is 19.1 Å². The summed E-state index contributed by atoms with van der Waals surface area (Å²) < 4.78 is 5.45. The summed E-state index contributed by atoms with van der Waals surface area (Å²) in [6.07, 6.45) is 4.23. The Morgan fingerprint density at radius 2 is 1.73 bits per heavy atom. The highest BCUT2D eigenvalue weighted by molar-refractivity contribution is 6.44. The maximum atomic E-state index is 12.7. The molecule has 0 unspecified atom stereocenters. The Balaban J connectivity index is 1.67. The number of nitrogens with one attached hydrogen (secondary N) is 1. The van der Waals surface area contributed by atoms with Crippen molar-refractivity contribution in [2.45, 2.75) is 39.0 Å². The van der Waals surface area contributed by atoms with Crippen LogP contribution >= 0.6 is 0 Å². The fraction of sp³-hybridized carbons (Fsp3) is 0.550. The Labute approximate surface area is 153 Å². The van der Waals surface area contributed by atoms with E-state index in [0.717, 1.165) is 38.9 Å². The van der Waals surface area contributed by atoms with Gasteiger partial charge in [0.25, 0.3) is 11.7 Å². The van der Waals surface area contributed by atoms with Crippen molar-refractivity contribution in [2.75, 3.05) is 31.6 Å². The smallest absolute Gasteiger partial charge is 0.295 e. The van der Waals surface area contributed by atoms with E-state index in [-0.39, 0.29) is 16.9 Å². The minimum Gasteiger partial charge on any atom is -0.381 e. The molecule has 0 saturated carbocycles. The lowest BCUT2D eigenvalue weighted by molar-refractivity contribution is -0.129. The van der Waals surface area contributed by atoms with Gasteiger partial charge >= 0.3 is 0 Å². The molecule has 0 radical (unpaired) electrons. The minimum atomic E-state index is -0.556. The fourth-order valence-electron chi connectivity index (χ4n) is 3.78. The van der Waals surface area contributed by atoms with Gasteiger partial charge in [-0.2, -0.15) is 0 Å². The Hall–Kier alpha value is -2.21. The minimum absolute atomic E-state index is 0.183. The van der Waals surface area contributed by atoms with Crippen LogP contribution in [0.5, 0.6) is 0 Å². The molecule has 0 atom stereocenters. The van der Waals surface area contributed by atoms with Crippen LogP contribution in [-0.2, 0) is 14.3 Å². The van der Waals surface area contributed by atoms with Gasteiger partial charge in [0.1, 0.15) is 0 Å². The second-order valence-corrected chi connectivity index (χ2v) is 7.18. The number of likely N-dealkylation sites (tertiary alicyclic amines) is 1. The molecule has 1 N–H and O–H groups in total. The van der Waals surface area contributed by atoms with Gasteiger partial charge in [-0.05, 0) is 43.2 Å². The van der Waals surface area contributed by atoms with Gasteiger partial charge in [-0.3, -0.25) is 14.4 Å². The summed E-state index contributed by atoms with van der Waals surface area (Å²) >= 11 is 0. The van der Waals surface area contributed by atoms with Gasteiger partial charge in [0.2, 0.25) is 5.91 Å². The standard InChI is InChI=1S/C20H26N2O4/c1-2-17(23)21-16-6-4-3-5-15(16)18(24)19(25)22-11-7-20(8-12-22)9-13-26-14-10-20/h3-6H,2,7-14H2,1H3,(H,21,23). The molecule has 2 fully saturated rings. The average molecular weight is 358 g/mol. The lowest BCUT2D eigenvalue weighted by Gasteiger charge is -2.43. The van der Waals surface area contributed by atoms with Crippen molar-refractivity contribution in [3.05, 3.63) is 29.8 Å². The first-order valence-electron chi connectivity index (χ1n) is 9.35. The first-order valence-corrected chi connectivity index (χ1v) is 9.35. The molecule has 2 amide bonds. The lowest BCUT2D eigenvalue weighted by atomic mass is 9.72. The molecule has 2 aliphatic heterocycles. The normalized spacial score (nSPS) is 19.2. The zero-order valence-corrected chi connectivity index (χ0v) is 15.3. The second kappa shape index (κ2) is 7.99. The molecule has 26 heavy (non-hydrogen) atoms. The van der Waals surface area contributed by atoms with Crippen LogP contribution in [0, 0.1) is 5.41 Å². The summed E-state index contributed by atoms with van der Waals surface area (Å²) in [4.78, 5) is 38.8. The van der Waals surface area contributed by atoms with Crippen molar-refractivity contribution < 1.29 is 19.1 Å². The quantitative estimate of drug-likeness (QED) is 0.663. The maximum Gasteiger partial charge on any atom is 0.295 e. The molecule has 0 aliphatic carbocycles. The lowest BCUT2D eigenvalue weighted by Crippen LogP contribution is -2.47. The number of ether oxygens (including phenoxy) is 1. The molecule has 0 bridgehead atoms. The third-order valence-corrected chi connectivity index (χ3v) is 5.63. The zero-order valence-electron chi connectivity index (χ0n) is 15.3. The van der Waals surface area contributed by atoms with Crippen molar-refractivity contribution in [2.24, 2.45) is 5.41 Å². The van der Waals surface area contributed by atoms with Crippen molar-refractivity contribution in [3.8, 4) is 0 Å². The Kier molecular flexibility index (Phi) is 5.71. The number of benzene rings is 1. The monoisotopic (exact) mass is 358 g/mol. The number of rotatable bonds is 4. The summed E-state index contributed by atoms with van der Waals surface area (Å²) in [7, 11) is 0. The molecule has 0 aromatic heterocycles. The zero-order chi connectivity index (χ0) is 18.6. The summed E-state index contributed by atoms with van der Waals surface area (Å²) in [6.45, 7) is 4.53. The van der Waals surface area contributed by atoms with Gasteiger partial charge in [0, 0.05) is 32.7 Å². The number of Topliss-reactive ketones (excluding diaryl/α,β-unsaturated/α-hetero) is 1. The van der Waals surface area contributed by atoms with Crippen LogP contribution in [-0.4, -0.2) is 48.8 Å². The van der Waals surface area contributed by atoms with Crippen LogP contribution in [0.2, 0.25) is 0 Å². The van der Waals surface area contributed by atoms with E-state index in [0.29, 0.717) is 25.2 Å². The first-order chi connectivity index (χ1) is 12.5. The largest absolute Gasteiger partial charge is 0.381 e. The highest BCUT2D eigenvalue weighted by Gasteiger charge is 2.38. The Morgan fingerprint density at radius 1 is 1.08 bits per heavy atom. The molecule has 1 spiro atoms. The maximum absolute atomic E-state index is 12.7. The number of anilines is 1. The molecule has 1 aromatic carbocycles. The van der Waals surface area contributed by atoms with E-state index >= 15 is 0 Å². The molecule has 3 rings (SSSR count). The summed E-state index contributed by atoms with van der Waals surface area (Å²) in [5, 5.41) is 2.70.